The van der Waals surface area contributed by atoms with Gasteiger partial charge in [0.05, 0.1) is 0 Å². The van der Waals surface area contributed by atoms with Gasteiger partial charge in [-0.25, -0.2) is 4.79 Å². The molecule has 3 heteroatoms. The average molecular weight is 196 g/mol. The molecule has 3 nitrogen and oxygen atoms in total. The van der Waals surface area contributed by atoms with Gasteiger partial charge in [0.1, 0.15) is 0 Å². The summed E-state index contributed by atoms with van der Waals surface area (Å²) in [5, 5.41) is 5.82. The van der Waals surface area contributed by atoms with E-state index in [9.17, 15) is 4.79 Å². The van der Waals surface area contributed by atoms with Crippen LogP contribution >= 0.6 is 0 Å². The molecule has 0 bridgehead atoms. The van der Waals surface area contributed by atoms with Gasteiger partial charge >= 0.3 is 6.03 Å². The second-order valence-corrected chi connectivity index (χ2v) is 3.74. The van der Waals surface area contributed by atoms with Gasteiger partial charge in [0.25, 0.3) is 0 Å². The minimum Gasteiger partial charge on any atom is -0.338 e. The Balaban J connectivity index is 2.03. The Kier molecular flexibility index (Phi) is 5.12. The molecular weight excluding hydrogens is 176 g/mol. The molecule has 0 spiro atoms. The predicted molar refractivity (Wildman–Crippen MR) is 58.2 cm³/mol. The Morgan fingerprint density at radius 3 is 2.79 bits per heavy atom. The SMILES string of the molecule is C/C=C/CCNC(=O)NC1CCCC1. The Hall–Kier alpha value is -0.990. The van der Waals surface area contributed by atoms with Gasteiger partial charge in [-0.3, -0.25) is 0 Å². The topological polar surface area (TPSA) is 41.1 Å². The van der Waals surface area contributed by atoms with E-state index in [1.54, 1.807) is 0 Å². The Bertz CT molecular complexity index is 195. The monoisotopic (exact) mass is 196 g/mol. The van der Waals surface area contributed by atoms with Crippen molar-refractivity contribution in [1.82, 2.24) is 10.6 Å². The highest BCUT2D eigenvalue weighted by Gasteiger charge is 2.16. The van der Waals surface area contributed by atoms with Crippen LogP contribution in [0.1, 0.15) is 39.0 Å². The lowest BCUT2D eigenvalue weighted by atomic mass is 10.2. The quantitative estimate of drug-likeness (QED) is 0.525. The van der Waals surface area contributed by atoms with Crippen molar-refractivity contribution in [3.05, 3.63) is 12.2 Å². The fraction of sp³-hybridized carbons (Fsp3) is 0.727. The molecule has 0 unspecified atom stereocenters. The highest BCUT2D eigenvalue weighted by molar-refractivity contribution is 5.74. The van der Waals surface area contributed by atoms with Crippen molar-refractivity contribution in [3.63, 3.8) is 0 Å². The molecule has 1 fully saturated rings. The van der Waals surface area contributed by atoms with Gasteiger partial charge in [-0.2, -0.15) is 0 Å². The summed E-state index contributed by atoms with van der Waals surface area (Å²) in [7, 11) is 0. The van der Waals surface area contributed by atoms with Crippen LogP contribution in [0.2, 0.25) is 0 Å². The summed E-state index contributed by atoms with van der Waals surface area (Å²) < 4.78 is 0. The lowest BCUT2D eigenvalue weighted by Crippen LogP contribution is -2.41. The van der Waals surface area contributed by atoms with Crippen molar-refractivity contribution in [2.24, 2.45) is 0 Å². The van der Waals surface area contributed by atoms with E-state index in [4.69, 9.17) is 0 Å². The number of carbonyl (C=O) groups is 1. The molecule has 2 amide bonds. The van der Waals surface area contributed by atoms with E-state index in [1.807, 2.05) is 13.0 Å². The zero-order valence-corrected chi connectivity index (χ0v) is 8.88. The lowest BCUT2D eigenvalue weighted by molar-refractivity contribution is 0.237. The van der Waals surface area contributed by atoms with Crippen LogP contribution in [-0.2, 0) is 0 Å². The van der Waals surface area contributed by atoms with Gasteiger partial charge in [0, 0.05) is 12.6 Å². The van der Waals surface area contributed by atoms with Crippen LogP contribution in [-0.4, -0.2) is 18.6 Å². The minimum atomic E-state index is -0.0126. The molecule has 2 N–H and O–H groups in total. The predicted octanol–water partition coefficient (Wildman–Crippen LogP) is 2.19. The first-order valence-corrected chi connectivity index (χ1v) is 5.48. The largest absolute Gasteiger partial charge is 0.338 e. The van der Waals surface area contributed by atoms with Gasteiger partial charge in [-0.05, 0) is 26.2 Å². The van der Waals surface area contributed by atoms with Crippen molar-refractivity contribution in [1.29, 1.82) is 0 Å². The molecule has 0 aromatic rings. The second kappa shape index (κ2) is 6.46. The zero-order valence-electron chi connectivity index (χ0n) is 8.88. The summed E-state index contributed by atoms with van der Waals surface area (Å²) in [4.78, 5) is 11.3. The fourth-order valence-corrected chi connectivity index (χ4v) is 1.74. The Morgan fingerprint density at radius 1 is 1.43 bits per heavy atom. The number of allylic oxidation sites excluding steroid dienone is 1. The first-order valence-electron chi connectivity index (χ1n) is 5.48. The number of hydrogen-bond acceptors (Lipinski definition) is 1. The highest BCUT2D eigenvalue weighted by Crippen LogP contribution is 2.17. The summed E-state index contributed by atoms with van der Waals surface area (Å²) in [6.45, 7) is 2.71. The molecule has 0 atom stereocenters. The summed E-state index contributed by atoms with van der Waals surface area (Å²) in [5.74, 6) is 0. The average Bonchev–Trinajstić information content (AvgIpc) is 2.65. The number of carbonyl (C=O) groups excluding carboxylic acids is 1. The maximum atomic E-state index is 11.3. The van der Waals surface area contributed by atoms with Crippen molar-refractivity contribution in [3.8, 4) is 0 Å². The number of rotatable bonds is 4. The standard InChI is InChI=1S/C11H20N2O/c1-2-3-6-9-12-11(14)13-10-7-4-5-8-10/h2-3,10H,4-9H2,1H3,(H2,12,13,14)/b3-2+. The van der Waals surface area contributed by atoms with Gasteiger partial charge in [0.2, 0.25) is 0 Å². The third kappa shape index (κ3) is 4.30. The van der Waals surface area contributed by atoms with Crippen LogP contribution in [0.4, 0.5) is 4.79 Å². The molecular formula is C11H20N2O. The molecule has 0 aromatic carbocycles. The van der Waals surface area contributed by atoms with Crippen LogP contribution in [0.3, 0.4) is 0 Å². The smallest absolute Gasteiger partial charge is 0.315 e. The maximum Gasteiger partial charge on any atom is 0.315 e. The molecule has 0 radical (unpaired) electrons. The molecule has 0 aromatic heterocycles. The van der Waals surface area contributed by atoms with Crippen molar-refractivity contribution >= 4 is 6.03 Å². The van der Waals surface area contributed by atoms with Crippen LogP contribution in [0.25, 0.3) is 0 Å². The van der Waals surface area contributed by atoms with Crippen molar-refractivity contribution in [2.45, 2.75) is 45.1 Å². The van der Waals surface area contributed by atoms with Gasteiger partial charge < -0.3 is 10.6 Å². The van der Waals surface area contributed by atoms with E-state index >= 15 is 0 Å². The molecule has 0 saturated heterocycles. The van der Waals surface area contributed by atoms with Crippen LogP contribution < -0.4 is 10.6 Å². The van der Waals surface area contributed by atoms with Crippen molar-refractivity contribution in [2.75, 3.05) is 6.54 Å². The molecule has 14 heavy (non-hydrogen) atoms. The van der Waals surface area contributed by atoms with Gasteiger partial charge in [-0.1, -0.05) is 25.0 Å². The molecule has 0 heterocycles. The van der Waals surface area contributed by atoms with Crippen LogP contribution in [0.5, 0.6) is 0 Å². The van der Waals surface area contributed by atoms with E-state index in [2.05, 4.69) is 16.7 Å². The zero-order chi connectivity index (χ0) is 10.2. The number of urea groups is 1. The van der Waals surface area contributed by atoms with Gasteiger partial charge in [0.15, 0.2) is 0 Å². The summed E-state index contributed by atoms with van der Waals surface area (Å²) in [5.41, 5.74) is 0. The Morgan fingerprint density at radius 2 is 2.14 bits per heavy atom. The summed E-state index contributed by atoms with van der Waals surface area (Å²) in [6.07, 6.45) is 9.75. The maximum absolute atomic E-state index is 11.3. The third-order valence-electron chi connectivity index (χ3n) is 2.52. The van der Waals surface area contributed by atoms with E-state index in [0.717, 1.165) is 25.8 Å². The highest BCUT2D eigenvalue weighted by atomic mass is 16.2. The normalized spacial score (nSPS) is 17.5. The Labute approximate surface area is 86.0 Å². The first-order chi connectivity index (χ1) is 6.83. The van der Waals surface area contributed by atoms with E-state index in [1.165, 1.54) is 12.8 Å². The lowest BCUT2D eigenvalue weighted by Gasteiger charge is -2.12. The van der Waals surface area contributed by atoms with Crippen LogP contribution in [0.15, 0.2) is 12.2 Å². The molecule has 1 aliphatic carbocycles. The molecule has 0 aliphatic heterocycles. The minimum absolute atomic E-state index is 0.0126. The number of amides is 2. The van der Waals surface area contributed by atoms with Crippen molar-refractivity contribution < 1.29 is 4.79 Å². The fourth-order valence-electron chi connectivity index (χ4n) is 1.74. The second-order valence-electron chi connectivity index (χ2n) is 3.74. The number of nitrogens with one attached hydrogen (secondary N) is 2. The summed E-state index contributed by atoms with van der Waals surface area (Å²) in [6, 6.07) is 0.401. The van der Waals surface area contributed by atoms with Gasteiger partial charge in [-0.15, -0.1) is 0 Å². The first kappa shape index (κ1) is 11.1. The van der Waals surface area contributed by atoms with E-state index in [0.29, 0.717) is 6.04 Å². The number of hydrogen-bond donors (Lipinski definition) is 2. The molecule has 1 saturated carbocycles. The van der Waals surface area contributed by atoms with Crippen LogP contribution in [0, 0.1) is 0 Å². The van der Waals surface area contributed by atoms with E-state index in [-0.39, 0.29) is 6.03 Å². The molecule has 1 aliphatic rings. The third-order valence-corrected chi connectivity index (χ3v) is 2.52. The molecule has 80 valence electrons. The van der Waals surface area contributed by atoms with E-state index < -0.39 is 0 Å². The summed E-state index contributed by atoms with van der Waals surface area (Å²) >= 11 is 0. The molecule has 1 rings (SSSR count).